The molecule has 94 valence electrons. The molecule has 0 bridgehead atoms. The molecule has 0 spiro atoms. The van der Waals surface area contributed by atoms with E-state index in [-0.39, 0.29) is 12.5 Å². The Bertz CT molecular complexity index is 506. The molecule has 0 radical (unpaired) electrons. The van der Waals surface area contributed by atoms with Crippen molar-refractivity contribution in [1.29, 1.82) is 0 Å². The minimum absolute atomic E-state index is 0.00714. The first-order chi connectivity index (χ1) is 8.75. The Morgan fingerprint density at radius 1 is 1.33 bits per heavy atom. The van der Waals surface area contributed by atoms with Gasteiger partial charge < -0.3 is 5.32 Å². The van der Waals surface area contributed by atoms with E-state index in [0.29, 0.717) is 6.54 Å². The van der Waals surface area contributed by atoms with E-state index in [4.69, 9.17) is 0 Å². The second-order valence-corrected chi connectivity index (χ2v) is 4.23. The van der Waals surface area contributed by atoms with E-state index in [1.54, 1.807) is 23.1 Å². The topological polar surface area (TPSA) is 46.9 Å². The molecule has 4 nitrogen and oxygen atoms in total. The molecule has 1 amide bonds. The van der Waals surface area contributed by atoms with Gasteiger partial charge in [0.1, 0.15) is 6.54 Å². The second kappa shape index (κ2) is 6.00. The summed E-state index contributed by atoms with van der Waals surface area (Å²) in [5.41, 5.74) is 2.54. The third-order valence-corrected chi connectivity index (χ3v) is 2.84. The maximum atomic E-state index is 11.6. The van der Waals surface area contributed by atoms with Crippen molar-refractivity contribution >= 4 is 5.91 Å². The van der Waals surface area contributed by atoms with Crippen molar-refractivity contribution in [2.24, 2.45) is 0 Å². The summed E-state index contributed by atoms with van der Waals surface area (Å²) in [5, 5.41) is 6.89. The van der Waals surface area contributed by atoms with E-state index >= 15 is 0 Å². The maximum absolute atomic E-state index is 11.6. The van der Waals surface area contributed by atoms with Crippen LogP contribution in [0, 0.1) is 6.92 Å². The molecule has 0 aliphatic heterocycles. The number of rotatable bonds is 5. The van der Waals surface area contributed by atoms with Crippen molar-refractivity contribution in [2.45, 2.75) is 19.9 Å². The van der Waals surface area contributed by atoms with Gasteiger partial charge >= 0.3 is 0 Å². The van der Waals surface area contributed by atoms with Crippen LogP contribution in [0.3, 0.4) is 0 Å². The highest BCUT2D eigenvalue weighted by atomic mass is 16.2. The van der Waals surface area contributed by atoms with Crippen LogP contribution in [0.5, 0.6) is 0 Å². The van der Waals surface area contributed by atoms with Gasteiger partial charge in [-0.15, -0.1) is 0 Å². The summed E-state index contributed by atoms with van der Waals surface area (Å²) >= 11 is 0. The first-order valence-corrected chi connectivity index (χ1v) is 6.04. The summed E-state index contributed by atoms with van der Waals surface area (Å²) in [6.07, 6.45) is 4.30. The molecule has 1 N–H and O–H groups in total. The summed E-state index contributed by atoms with van der Waals surface area (Å²) in [7, 11) is 0. The zero-order chi connectivity index (χ0) is 12.8. The van der Waals surface area contributed by atoms with Gasteiger partial charge in [-0.25, -0.2) is 0 Å². The minimum atomic E-state index is -0.00714. The lowest BCUT2D eigenvalue weighted by molar-refractivity contribution is -0.121. The Morgan fingerprint density at radius 2 is 2.17 bits per heavy atom. The lowest BCUT2D eigenvalue weighted by Gasteiger charge is -2.07. The molecule has 0 atom stereocenters. The highest BCUT2D eigenvalue weighted by Crippen LogP contribution is 2.06. The maximum Gasteiger partial charge on any atom is 0.241 e. The molecule has 18 heavy (non-hydrogen) atoms. The van der Waals surface area contributed by atoms with Crippen molar-refractivity contribution < 1.29 is 4.79 Å². The molecular weight excluding hydrogens is 226 g/mol. The number of hydrogen-bond acceptors (Lipinski definition) is 2. The van der Waals surface area contributed by atoms with Crippen LogP contribution in [0.4, 0.5) is 0 Å². The van der Waals surface area contributed by atoms with Crippen LogP contribution in [-0.4, -0.2) is 22.2 Å². The molecule has 0 aliphatic carbocycles. The van der Waals surface area contributed by atoms with E-state index in [2.05, 4.69) is 29.5 Å². The highest BCUT2D eigenvalue weighted by molar-refractivity contribution is 5.75. The number of carbonyl (C=O) groups is 1. The van der Waals surface area contributed by atoms with Gasteiger partial charge in [0.2, 0.25) is 5.91 Å². The van der Waals surface area contributed by atoms with Crippen molar-refractivity contribution in [3.05, 3.63) is 53.9 Å². The summed E-state index contributed by atoms with van der Waals surface area (Å²) < 4.78 is 1.61. The Hall–Kier alpha value is -2.10. The predicted molar refractivity (Wildman–Crippen MR) is 70.1 cm³/mol. The quantitative estimate of drug-likeness (QED) is 0.866. The predicted octanol–water partition coefficient (Wildman–Crippen LogP) is 1.55. The van der Waals surface area contributed by atoms with E-state index in [9.17, 15) is 4.79 Å². The van der Waals surface area contributed by atoms with E-state index < -0.39 is 0 Å². The third kappa shape index (κ3) is 3.45. The highest BCUT2D eigenvalue weighted by Gasteiger charge is 2.02. The normalized spacial score (nSPS) is 10.3. The SMILES string of the molecule is Cc1ccccc1CCNC(=O)Cn1cccn1. The number of nitrogens with zero attached hydrogens (tertiary/aromatic N) is 2. The smallest absolute Gasteiger partial charge is 0.241 e. The Kier molecular flexibility index (Phi) is 4.12. The minimum Gasteiger partial charge on any atom is -0.354 e. The van der Waals surface area contributed by atoms with Crippen LogP contribution in [0.2, 0.25) is 0 Å². The Morgan fingerprint density at radius 3 is 2.89 bits per heavy atom. The molecule has 0 fully saturated rings. The number of amides is 1. The van der Waals surface area contributed by atoms with Crippen LogP contribution in [0.25, 0.3) is 0 Å². The zero-order valence-corrected chi connectivity index (χ0v) is 10.5. The van der Waals surface area contributed by atoms with Gasteiger partial charge in [-0.05, 0) is 30.5 Å². The van der Waals surface area contributed by atoms with Crippen LogP contribution in [-0.2, 0) is 17.8 Å². The Labute approximate surface area is 107 Å². The molecule has 0 aliphatic rings. The number of nitrogens with one attached hydrogen (secondary N) is 1. The van der Waals surface area contributed by atoms with E-state index in [1.165, 1.54) is 11.1 Å². The fourth-order valence-electron chi connectivity index (χ4n) is 1.82. The van der Waals surface area contributed by atoms with E-state index in [1.807, 2.05) is 12.1 Å². The first-order valence-electron chi connectivity index (χ1n) is 6.04. The molecule has 1 heterocycles. The van der Waals surface area contributed by atoms with Crippen molar-refractivity contribution in [2.75, 3.05) is 6.54 Å². The van der Waals surface area contributed by atoms with E-state index in [0.717, 1.165) is 6.42 Å². The summed E-state index contributed by atoms with van der Waals surface area (Å²) in [6.45, 7) is 3.02. The first kappa shape index (κ1) is 12.4. The molecule has 0 unspecified atom stereocenters. The largest absolute Gasteiger partial charge is 0.354 e. The van der Waals surface area contributed by atoms with Gasteiger partial charge in [-0.2, -0.15) is 5.10 Å². The van der Waals surface area contributed by atoms with Gasteiger partial charge in [0.15, 0.2) is 0 Å². The van der Waals surface area contributed by atoms with Gasteiger partial charge in [0.05, 0.1) is 0 Å². The van der Waals surface area contributed by atoms with Gasteiger partial charge in [0, 0.05) is 18.9 Å². The molecule has 0 saturated heterocycles. The van der Waals surface area contributed by atoms with Crippen LogP contribution in [0.15, 0.2) is 42.7 Å². The average Bonchev–Trinajstić information content (AvgIpc) is 2.84. The lowest BCUT2D eigenvalue weighted by Crippen LogP contribution is -2.29. The summed E-state index contributed by atoms with van der Waals surface area (Å²) in [4.78, 5) is 11.6. The molecule has 1 aromatic heterocycles. The number of benzene rings is 1. The monoisotopic (exact) mass is 243 g/mol. The zero-order valence-electron chi connectivity index (χ0n) is 10.5. The van der Waals surface area contributed by atoms with Crippen LogP contribution < -0.4 is 5.32 Å². The average molecular weight is 243 g/mol. The lowest BCUT2D eigenvalue weighted by atomic mass is 10.1. The fourth-order valence-corrected chi connectivity index (χ4v) is 1.82. The van der Waals surface area contributed by atoms with Crippen molar-refractivity contribution in [3.63, 3.8) is 0 Å². The number of hydrogen-bond donors (Lipinski definition) is 1. The molecule has 2 rings (SSSR count). The molecule has 0 saturated carbocycles. The van der Waals surface area contributed by atoms with Crippen LogP contribution >= 0.6 is 0 Å². The van der Waals surface area contributed by atoms with Crippen molar-refractivity contribution in [3.8, 4) is 0 Å². The second-order valence-electron chi connectivity index (χ2n) is 4.23. The summed E-state index contributed by atoms with van der Waals surface area (Å²) in [5.74, 6) is -0.00714. The third-order valence-electron chi connectivity index (χ3n) is 2.84. The fraction of sp³-hybridized carbons (Fsp3) is 0.286. The number of aryl methyl sites for hydroxylation is 1. The number of aromatic nitrogens is 2. The summed E-state index contributed by atoms with van der Waals surface area (Å²) in [6, 6.07) is 10.0. The van der Waals surface area contributed by atoms with Gasteiger partial charge in [-0.3, -0.25) is 9.48 Å². The van der Waals surface area contributed by atoms with Gasteiger partial charge in [0.25, 0.3) is 0 Å². The van der Waals surface area contributed by atoms with Gasteiger partial charge in [-0.1, -0.05) is 24.3 Å². The van der Waals surface area contributed by atoms with Crippen LogP contribution in [0.1, 0.15) is 11.1 Å². The molecular formula is C14H17N3O. The standard InChI is InChI=1S/C14H17N3O/c1-12-5-2-3-6-13(12)7-9-15-14(18)11-17-10-4-8-16-17/h2-6,8,10H,7,9,11H2,1H3,(H,15,18). The molecule has 2 aromatic rings. The molecule has 4 heteroatoms. The Balaban J connectivity index is 1.75. The molecule has 1 aromatic carbocycles. The number of carbonyl (C=O) groups excluding carboxylic acids is 1. The van der Waals surface area contributed by atoms with Crippen molar-refractivity contribution in [1.82, 2.24) is 15.1 Å².